The van der Waals surface area contributed by atoms with Crippen molar-refractivity contribution in [2.75, 3.05) is 26.7 Å². The number of hydrogen-bond donors (Lipinski definition) is 0. The van der Waals surface area contributed by atoms with Gasteiger partial charge >= 0.3 is 0 Å². The molecule has 1 atom stereocenters. The third-order valence-electron chi connectivity index (χ3n) is 4.47. The molecule has 3 rings (SSSR count). The maximum absolute atomic E-state index is 11.9. The Morgan fingerprint density at radius 2 is 2.17 bits per heavy atom. The number of carbonyl (C=O) groups excluding carboxylic acids is 1. The summed E-state index contributed by atoms with van der Waals surface area (Å²) in [7, 11) is 1.69. The van der Waals surface area contributed by atoms with Crippen molar-refractivity contribution in [2.45, 2.75) is 26.4 Å². The molecule has 0 aliphatic carbocycles. The van der Waals surface area contributed by atoms with Crippen molar-refractivity contribution in [1.29, 1.82) is 0 Å². The molecule has 1 fully saturated rings. The summed E-state index contributed by atoms with van der Waals surface area (Å²) in [5.74, 6) is 0.992. The van der Waals surface area contributed by atoms with Crippen molar-refractivity contribution in [3.05, 3.63) is 45.9 Å². The second-order valence-corrected chi connectivity index (χ2v) is 7.11. The number of aryl methyl sites for hydroxylation is 1. The Morgan fingerprint density at radius 1 is 1.38 bits per heavy atom. The molecule has 1 aliphatic rings. The summed E-state index contributed by atoms with van der Waals surface area (Å²) >= 11 is 1.68. The second-order valence-electron chi connectivity index (χ2n) is 6.05. The number of piperazine rings is 1. The fourth-order valence-corrected chi connectivity index (χ4v) is 3.83. The lowest BCUT2D eigenvalue weighted by molar-refractivity contribution is -0.132. The van der Waals surface area contributed by atoms with E-state index in [0.29, 0.717) is 6.54 Å². The van der Waals surface area contributed by atoms with Gasteiger partial charge in [0.1, 0.15) is 5.75 Å². The number of nitrogens with zero attached hydrogens (tertiary/aromatic N) is 3. The Hall–Kier alpha value is -1.92. The van der Waals surface area contributed by atoms with Gasteiger partial charge in [-0.1, -0.05) is 18.2 Å². The van der Waals surface area contributed by atoms with Crippen LogP contribution >= 0.6 is 11.3 Å². The first kappa shape index (κ1) is 16.9. The van der Waals surface area contributed by atoms with Gasteiger partial charge in [-0.2, -0.15) is 0 Å². The molecule has 1 aliphatic heterocycles. The lowest BCUT2D eigenvalue weighted by Crippen LogP contribution is -2.49. The van der Waals surface area contributed by atoms with Gasteiger partial charge in [0.05, 0.1) is 23.9 Å². The third kappa shape index (κ3) is 3.60. The number of thiazole rings is 1. The van der Waals surface area contributed by atoms with Crippen molar-refractivity contribution in [3.63, 3.8) is 0 Å². The fourth-order valence-electron chi connectivity index (χ4n) is 3.22. The van der Waals surface area contributed by atoms with Gasteiger partial charge < -0.3 is 9.64 Å². The summed E-state index contributed by atoms with van der Waals surface area (Å²) < 4.78 is 5.55. The van der Waals surface area contributed by atoms with Gasteiger partial charge in [-0.3, -0.25) is 9.69 Å². The molecule has 5 nitrogen and oxygen atoms in total. The molecule has 1 aromatic heterocycles. The molecular weight excluding hydrogens is 322 g/mol. The van der Waals surface area contributed by atoms with Gasteiger partial charge in [0, 0.05) is 44.0 Å². The van der Waals surface area contributed by atoms with Gasteiger partial charge in [-0.25, -0.2) is 4.98 Å². The lowest BCUT2D eigenvalue weighted by Gasteiger charge is -2.41. The molecule has 1 saturated heterocycles. The molecule has 0 bridgehead atoms. The molecular formula is C18H23N3O2S. The molecule has 24 heavy (non-hydrogen) atoms. The summed E-state index contributed by atoms with van der Waals surface area (Å²) in [4.78, 5) is 20.8. The standard InChI is InChI=1S/C18H23N3O2S/c1-13-19-15(12-24-13)10-21-9-8-20(14(2)22)11-17(21)16-6-4-5-7-18(16)23-3/h4-7,12,17H,8-11H2,1-3H3/t17-/m0/s1. The summed E-state index contributed by atoms with van der Waals surface area (Å²) in [5.41, 5.74) is 2.21. The zero-order valence-corrected chi connectivity index (χ0v) is 15.2. The molecule has 1 amide bonds. The molecule has 2 aromatic rings. The van der Waals surface area contributed by atoms with Crippen LogP contribution in [-0.2, 0) is 11.3 Å². The number of benzene rings is 1. The van der Waals surface area contributed by atoms with Crippen LogP contribution in [0.4, 0.5) is 0 Å². The number of hydrogen-bond acceptors (Lipinski definition) is 5. The third-order valence-corrected chi connectivity index (χ3v) is 5.29. The van der Waals surface area contributed by atoms with E-state index in [1.165, 1.54) is 0 Å². The van der Waals surface area contributed by atoms with E-state index in [1.54, 1.807) is 25.4 Å². The number of para-hydroxylation sites is 1. The van der Waals surface area contributed by atoms with E-state index in [2.05, 4.69) is 21.3 Å². The van der Waals surface area contributed by atoms with Crippen LogP contribution in [-0.4, -0.2) is 47.4 Å². The predicted molar refractivity (Wildman–Crippen MR) is 95.3 cm³/mol. The van der Waals surface area contributed by atoms with Gasteiger partial charge in [-0.05, 0) is 13.0 Å². The molecule has 128 valence electrons. The number of aromatic nitrogens is 1. The maximum atomic E-state index is 11.9. The second kappa shape index (κ2) is 7.32. The highest BCUT2D eigenvalue weighted by molar-refractivity contribution is 7.09. The summed E-state index contributed by atoms with van der Waals surface area (Å²) in [6.07, 6.45) is 0. The zero-order chi connectivity index (χ0) is 17.1. The highest BCUT2D eigenvalue weighted by atomic mass is 32.1. The zero-order valence-electron chi connectivity index (χ0n) is 14.4. The Kier molecular flexibility index (Phi) is 5.16. The molecule has 0 unspecified atom stereocenters. The predicted octanol–water partition coefficient (Wildman–Crippen LogP) is 2.87. The molecule has 6 heteroatoms. The van der Waals surface area contributed by atoms with Crippen LogP contribution in [0.1, 0.15) is 29.2 Å². The number of ether oxygens (including phenoxy) is 1. The quantitative estimate of drug-likeness (QED) is 0.855. The van der Waals surface area contributed by atoms with Crippen molar-refractivity contribution in [3.8, 4) is 5.75 Å². The van der Waals surface area contributed by atoms with Crippen LogP contribution in [0.15, 0.2) is 29.6 Å². The Labute approximate surface area is 146 Å². The first-order valence-corrected chi connectivity index (χ1v) is 9.00. The number of methoxy groups -OCH3 is 1. The van der Waals surface area contributed by atoms with Crippen molar-refractivity contribution in [2.24, 2.45) is 0 Å². The van der Waals surface area contributed by atoms with E-state index in [4.69, 9.17) is 4.74 Å². The summed E-state index contributed by atoms with van der Waals surface area (Å²) in [6, 6.07) is 8.18. The van der Waals surface area contributed by atoms with Gasteiger partial charge in [0.25, 0.3) is 0 Å². The molecule has 0 spiro atoms. The van der Waals surface area contributed by atoms with Crippen LogP contribution in [0.2, 0.25) is 0 Å². The highest BCUT2D eigenvalue weighted by Crippen LogP contribution is 2.33. The van der Waals surface area contributed by atoms with E-state index in [9.17, 15) is 4.79 Å². The van der Waals surface area contributed by atoms with Gasteiger partial charge in [0.2, 0.25) is 5.91 Å². The maximum Gasteiger partial charge on any atom is 0.219 e. The molecule has 2 heterocycles. The number of carbonyl (C=O) groups is 1. The van der Waals surface area contributed by atoms with E-state index >= 15 is 0 Å². The van der Waals surface area contributed by atoms with Crippen LogP contribution < -0.4 is 4.74 Å². The lowest BCUT2D eigenvalue weighted by atomic mass is 10.0. The highest BCUT2D eigenvalue weighted by Gasteiger charge is 2.31. The normalized spacial score (nSPS) is 18.6. The minimum atomic E-state index is 0.112. The topological polar surface area (TPSA) is 45.7 Å². The first-order valence-electron chi connectivity index (χ1n) is 8.12. The van der Waals surface area contributed by atoms with Crippen LogP contribution in [0.5, 0.6) is 5.75 Å². The minimum Gasteiger partial charge on any atom is -0.496 e. The van der Waals surface area contributed by atoms with E-state index in [-0.39, 0.29) is 11.9 Å². The Morgan fingerprint density at radius 3 is 2.83 bits per heavy atom. The van der Waals surface area contributed by atoms with E-state index in [0.717, 1.165) is 41.6 Å². The monoisotopic (exact) mass is 345 g/mol. The number of amides is 1. The fraction of sp³-hybridized carbons (Fsp3) is 0.444. The van der Waals surface area contributed by atoms with Gasteiger partial charge in [-0.15, -0.1) is 11.3 Å². The SMILES string of the molecule is COc1ccccc1[C@@H]1CN(C(C)=O)CCN1Cc1csc(C)n1. The summed E-state index contributed by atoms with van der Waals surface area (Å²) in [5, 5.41) is 3.20. The Bertz CT molecular complexity index is 716. The average Bonchev–Trinajstić information content (AvgIpc) is 3.00. The van der Waals surface area contributed by atoms with E-state index in [1.807, 2.05) is 30.0 Å². The molecule has 0 saturated carbocycles. The first-order chi connectivity index (χ1) is 11.6. The van der Waals surface area contributed by atoms with E-state index < -0.39 is 0 Å². The minimum absolute atomic E-state index is 0.112. The average molecular weight is 345 g/mol. The van der Waals surface area contributed by atoms with Crippen LogP contribution in [0.25, 0.3) is 0 Å². The molecule has 0 radical (unpaired) electrons. The molecule has 0 N–H and O–H groups in total. The van der Waals surface area contributed by atoms with Crippen LogP contribution in [0, 0.1) is 6.92 Å². The number of rotatable bonds is 4. The van der Waals surface area contributed by atoms with Crippen molar-refractivity contribution in [1.82, 2.24) is 14.8 Å². The van der Waals surface area contributed by atoms with Crippen molar-refractivity contribution < 1.29 is 9.53 Å². The largest absolute Gasteiger partial charge is 0.496 e. The van der Waals surface area contributed by atoms with Crippen molar-refractivity contribution >= 4 is 17.2 Å². The van der Waals surface area contributed by atoms with Gasteiger partial charge in [0.15, 0.2) is 0 Å². The summed E-state index contributed by atoms with van der Waals surface area (Å²) in [6.45, 7) is 6.72. The van der Waals surface area contributed by atoms with Crippen LogP contribution in [0.3, 0.4) is 0 Å². The Balaban J connectivity index is 1.89. The molecule has 1 aromatic carbocycles. The smallest absolute Gasteiger partial charge is 0.219 e.